The average Bonchev–Trinajstić information content (AvgIpc) is 3.26. The molecule has 0 bridgehead atoms. The number of hydrogen-bond acceptors (Lipinski definition) is 7. The van der Waals surface area contributed by atoms with Crippen LogP contribution >= 0.6 is 34.5 Å². The molecule has 1 atom stereocenters. The van der Waals surface area contributed by atoms with Gasteiger partial charge in [-0.2, -0.15) is 0 Å². The van der Waals surface area contributed by atoms with Crippen LogP contribution < -0.4 is 24.4 Å². The van der Waals surface area contributed by atoms with Crippen LogP contribution in [0.15, 0.2) is 81.7 Å². The van der Waals surface area contributed by atoms with E-state index >= 15 is 0 Å². The maximum Gasteiger partial charge on any atom is 0.338 e. The molecule has 0 spiro atoms. The third-order valence-corrected chi connectivity index (χ3v) is 8.20. The first-order valence-corrected chi connectivity index (χ1v) is 15.5. The number of carbonyl (C=O) groups excluding carboxylic acids is 1. The van der Waals surface area contributed by atoms with Crippen LogP contribution in [0.5, 0.6) is 11.5 Å². The lowest BCUT2D eigenvalue weighted by atomic mass is 9.95. The van der Waals surface area contributed by atoms with Crippen LogP contribution in [0.4, 0.5) is 4.39 Å². The lowest BCUT2D eigenvalue weighted by Gasteiger charge is -2.26. The molecule has 0 aliphatic carbocycles. The Morgan fingerprint density at radius 1 is 1.14 bits per heavy atom. The maximum absolute atomic E-state index is 14.2. The van der Waals surface area contributed by atoms with Gasteiger partial charge in [0.15, 0.2) is 4.80 Å². The van der Waals surface area contributed by atoms with Crippen LogP contribution in [0.25, 0.3) is 6.08 Å². The third-order valence-electron chi connectivity index (χ3n) is 6.71. The number of halogens is 3. The van der Waals surface area contributed by atoms with Gasteiger partial charge < -0.3 is 14.2 Å². The Kier molecular flexibility index (Phi) is 9.58. The molecule has 3 aromatic carbocycles. The summed E-state index contributed by atoms with van der Waals surface area (Å²) in [5.74, 6) is -0.0728. The van der Waals surface area contributed by atoms with Crippen molar-refractivity contribution in [2.75, 3.05) is 6.61 Å². The highest BCUT2D eigenvalue weighted by Gasteiger charge is 2.35. The molecule has 1 aliphatic rings. The van der Waals surface area contributed by atoms with E-state index in [1.54, 1.807) is 44.2 Å². The highest BCUT2D eigenvalue weighted by Crippen LogP contribution is 2.37. The van der Waals surface area contributed by atoms with Gasteiger partial charge in [-0.25, -0.2) is 14.2 Å². The predicted octanol–water partition coefficient (Wildman–Crippen LogP) is 6.61. The Morgan fingerprint density at radius 3 is 2.57 bits per heavy atom. The fourth-order valence-corrected chi connectivity index (χ4v) is 6.47. The van der Waals surface area contributed by atoms with E-state index in [9.17, 15) is 14.0 Å². The number of aromatic nitrogens is 1. The summed E-state index contributed by atoms with van der Waals surface area (Å²) in [6, 6.07) is 15.6. The number of nitrogens with zero attached hydrogens (tertiary/aromatic N) is 2. The van der Waals surface area contributed by atoms with Crippen molar-refractivity contribution < 1.29 is 23.4 Å². The fourth-order valence-electron chi connectivity index (χ4n) is 4.87. The van der Waals surface area contributed by atoms with E-state index in [1.165, 1.54) is 16.7 Å². The lowest BCUT2D eigenvalue weighted by Crippen LogP contribution is -2.40. The summed E-state index contributed by atoms with van der Waals surface area (Å²) in [7, 11) is 0. The van der Waals surface area contributed by atoms with E-state index in [0.717, 1.165) is 16.9 Å². The summed E-state index contributed by atoms with van der Waals surface area (Å²) in [6.07, 6.45) is 1.49. The number of allylic oxidation sites excluding steroid dienone is 1. The van der Waals surface area contributed by atoms with Gasteiger partial charge in [-0.05, 0) is 69.7 Å². The lowest BCUT2D eigenvalue weighted by molar-refractivity contribution is -0.139. The maximum atomic E-state index is 14.2. The molecule has 11 heteroatoms. The standard InChI is InChI=1S/C33H29Cl2FN2O5S/c1-5-41-32(40)28-19(4)37-33-38(29(28)24-8-6-7-9-26(24)43-18(2)3)31(39)27(44-33)15-21-14-22(34)16-25(35)30(21)42-17-20-10-12-23(36)13-11-20/h6-16,18,29H,5,17H2,1-4H3/b27-15-/t29-/m0/s1. The molecule has 4 aromatic rings. The van der Waals surface area contributed by atoms with Crippen molar-refractivity contribution in [3.63, 3.8) is 0 Å². The number of ether oxygens (including phenoxy) is 3. The average molecular weight is 656 g/mol. The van der Waals surface area contributed by atoms with E-state index < -0.39 is 12.0 Å². The number of para-hydroxylation sites is 1. The number of rotatable bonds is 9. The minimum Gasteiger partial charge on any atom is -0.491 e. The number of thiazole rings is 1. The second-order valence-electron chi connectivity index (χ2n) is 10.2. The van der Waals surface area contributed by atoms with Crippen molar-refractivity contribution in [1.82, 2.24) is 4.57 Å². The Bertz CT molecular complexity index is 1930. The van der Waals surface area contributed by atoms with Crippen molar-refractivity contribution in [2.45, 2.75) is 46.4 Å². The summed E-state index contributed by atoms with van der Waals surface area (Å²) in [5, 5.41) is 0.595. The molecule has 228 valence electrons. The van der Waals surface area contributed by atoms with Gasteiger partial charge in [0.25, 0.3) is 5.56 Å². The molecular weight excluding hydrogens is 626 g/mol. The molecule has 0 saturated carbocycles. The second kappa shape index (κ2) is 13.4. The molecule has 0 amide bonds. The molecule has 7 nitrogen and oxygen atoms in total. The van der Waals surface area contributed by atoms with Gasteiger partial charge in [-0.3, -0.25) is 9.36 Å². The molecule has 2 heterocycles. The molecule has 0 unspecified atom stereocenters. The van der Waals surface area contributed by atoms with E-state index in [-0.39, 0.29) is 41.3 Å². The number of esters is 1. The van der Waals surface area contributed by atoms with Crippen LogP contribution in [0.1, 0.15) is 50.4 Å². The Balaban J connectivity index is 1.67. The zero-order valence-electron chi connectivity index (χ0n) is 24.4. The van der Waals surface area contributed by atoms with Gasteiger partial charge in [-0.1, -0.05) is 64.9 Å². The van der Waals surface area contributed by atoms with Crippen molar-refractivity contribution in [3.05, 3.63) is 124 Å². The first kappa shape index (κ1) is 31.5. The summed E-state index contributed by atoms with van der Waals surface area (Å²) >= 11 is 14.1. The molecule has 0 N–H and O–H groups in total. The number of benzene rings is 3. The van der Waals surface area contributed by atoms with Crippen LogP contribution in [-0.2, 0) is 16.1 Å². The molecular formula is C33H29Cl2FN2O5S. The number of carbonyl (C=O) groups is 1. The summed E-state index contributed by atoms with van der Waals surface area (Å²) < 4.78 is 32.7. The number of fused-ring (bicyclic) bond motifs is 1. The second-order valence-corrected chi connectivity index (χ2v) is 12.1. The summed E-state index contributed by atoms with van der Waals surface area (Å²) in [4.78, 5) is 32.5. The first-order chi connectivity index (χ1) is 21.1. The first-order valence-electron chi connectivity index (χ1n) is 13.9. The number of hydrogen-bond donors (Lipinski definition) is 0. The van der Waals surface area contributed by atoms with Crippen molar-refractivity contribution >= 4 is 46.6 Å². The van der Waals surface area contributed by atoms with Gasteiger partial charge >= 0.3 is 5.97 Å². The SMILES string of the molecule is CCOC(=O)C1=C(C)N=c2s/c(=C\c3cc(Cl)cc(Cl)c3OCc3ccc(F)cc3)c(=O)n2[C@H]1c1ccccc1OC(C)C. The predicted molar refractivity (Wildman–Crippen MR) is 170 cm³/mol. The van der Waals surface area contributed by atoms with Gasteiger partial charge in [0.2, 0.25) is 0 Å². The molecule has 44 heavy (non-hydrogen) atoms. The third kappa shape index (κ3) is 6.60. The van der Waals surface area contributed by atoms with E-state index in [1.807, 2.05) is 38.1 Å². The van der Waals surface area contributed by atoms with Gasteiger partial charge in [0.05, 0.1) is 33.5 Å². The summed E-state index contributed by atoms with van der Waals surface area (Å²) in [6.45, 7) is 7.52. The van der Waals surface area contributed by atoms with E-state index in [4.69, 9.17) is 37.4 Å². The minimum absolute atomic E-state index is 0.110. The highest BCUT2D eigenvalue weighted by atomic mass is 35.5. The monoisotopic (exact) mass is 654 g/mol. The molecule has 1 aromatic heterocycles. The fraction of sp³-hybridized carbons (Fsp3) is 0.242. The van der Waals surface area contributed by atoms with Crippen molar-refractivity contribution in [3.8, 4) is 11.5 Å². The largest absolute Gasteiger partial charge is 0.491 e. The molecule has 0 radical (unpaired) electrons. The van der Waals surface area contributed by atoms with Crippen molar-refractivity contribution in [2.24, 2.45) is 4.99 Å². The quantitative estimate of drug-likeness (QED) is 0.190. The van der Waals surface area contributed by atoms with Crippen molar-refractivity contribution in [1.29, 1.82) is 0 Å². The van der Waals surface area contributed by atoms with E-state index in [0.29, 0.717) is 42.7 Å². The highest BCUT2D eigenvalue weighted by molar-refractivity contribution is 7.07. The van der Waals surface area contributed by atoms with E-state index in [2.05, 4.69) is 4.99 Å². The smallest absolute Gasteiger partial charge is 0.338 e. The van der Waals surface area contributed by atoms with Crippen LogP contribution in [0.2, 0.25) is 10.0 Å². The zero-order valence-corrected chi connectivity index (χ0v) is 26.7. The summed E-state index contributed by atoms with van der Waals surface area (Å²) in [5.41, 5.74) is 2.13. The zero-order chi connectivity index (χ0) is 31.5. The van der Waals surface area contributed by atoms with Crippen LogP contribution in [0.3, 0.4) is 0 Å². The Labute approximate surface area is 267 Å². The minimum atomic E-state index is -0.848. The van der Waals surface area contributed by atoms with Gasteiger partial charge in [0, 0.05) is 16.1 Å². The van der Waals surface area contributed by atoms with Gasteiger partial charge in [-0.15, -0.1) is 0 Å². The van der Waals surface area contributed by atoms with Crippen LogP contribution in [0, 0.1) is 5.82 Å². The Morgan fingerprint density at radius 2 is 1.86 bits per heavy atom. The molecule has 0 saturated heterocycles. The van der Waals surface area contributed by atoms with Crippen LogP contribution in [-0.4, -0.2) is 23.2 Å². The molecule has 0 fully saturated rings. The Hall–Kier alpha value is -3.92. The van der Waals surface area contributed by atoms with Gasteiger partial charge in [0.1, 0.15) is 30.0 Å². The topological polar surface area (TPSA) is 79.1 Å². The molecule has 5 rings (SSSR count). The molecule has 1 aliphatic heterocycles. The normalized spacial score (nSPS) is 14.8.